The van der Waals surface area contributed by atoms with E-state index in [4.69, 9.17) is 23.7 Å². The van der Waals surface area contributed by atoms with Gasteiger partial charge < -0.3 is 39.0 Å². The van der Waals surface area contributed by atoms with E-state index >= 15 is 0 Å². The smallest absolute Gasteiger partial charge is 0.335 e. The van der Waals surface area contributed by atoms with Crippen molar-refractivity contribution in [2.75, 3.05) is 13.2 Å². The number of aliphatic hydroxyl groups is 2. The first-order chi connectivity index (χ1) is 36.6. The number of hydrogen-bond acceptors (Lipinski definition) is 11. The molecule has 0 amide bonds. The normalized spacial score (nSPS) is 18.1. The Morgan fingerprint density at radius 3 is 1.13 bits per heavy atom. The fourth-order valence-corrected chi connectivity index (χ4v) is 9.95. The summed E-state index contributed by atoms with van der Waals surface area (Å²) in [7, 11) is 0. The summed E-state index contributed by atoms with van der Waals surface area (Å²) in [4.78, 5) is 51.2. The van der Waals surface area contributed by atoms with Crippen LogP contribution in [0.15, 0.2) is 12.2 Å². The number of aliphatic carboxylic acids is 1. The Balaban J connectivity index is 2.61. The molecule has 12 heteroatoms. The minimum absolute atomic E-state index is 0.0648. The Bertz CT molecular complexity index is 1360. The van der Waals surface area contributed by atoms with Crippen molar-refractivity contribution in [1.29, 1.82) is 0 Å². The number of esters is 3. The first kappa shape index (κ1) is 70.5. The molecular formula is C63H116O12. The van der Waals surface area contributed by atoms with E-state index in [0.29, 0.717) is 19.3 Å². The van der Waals surface area contributed by atoms with Gasteiger partial charge in [-0.25, -0.2) is 4.79 Å². The predicted octanol–water partition coefficient (Wildman–Crippen LogP) is 16.5. The molecule has 1 heterocycles. The highest BCUT2D eigenvalue weighted by Crippen LogP contribution is 2.27. The lowest BCUT2D eigenvalue weighted by atomic mass is 9.98. The summed E-state index contributed by atoms with van der Waals surface area (Å²) in [5.41, 5.74) is 0. The first-order valence-corrected chi connectivity index (χ1v) is 31.7. The fraction of sp³-hybridized carbons (Fsp3) is 0.905. The van der Waals surface area contributed by atoms with Crippen LogP contribution in [0.5, 0.6) is 0 Å². The summed E-state index contributed by atoms with van der Waals surface area (Å²) < 4.78 is 28.5. The Morgan fingerprint density at radius 1 is 0.427 bits per heavy atom. The van der Waals surface area contributed by atoms with Crippen LogP contribution >= 0.6 is 0 Å². The van der Waals surface area contributed by atoms with Crippen LogP contribution in [-0.4, -0.2) is 89.2 Å². The van der Waals surface area contributed by atoms with Gasteiger partial charge in [0.05, 0.1) is 6.61 Å². The van der Waals surface area contributed by atoms with E-state index < -0.39 is 67.3 Å². The van der Waals surface area contributed by atoms with Gasteiger partial charge >= 0.3 is 23.9 Å². The molecule has 0 bridgehead atoms. The Morgan fingerprint density at radius 2 is 0.760 bits per heavy atom. The third-order valence-electron chi connectivity index (χ3n) is 14.8. The molecule has 440 valence electrons. The van der Waals surface area contributed by atoms with Gasteiger partial charge in [-0.2, -0.15) is 0 Å². The van der Waals surface area contributed by atoms with Gasteiger partial charge in [0.15, 0.2) is 24.6 Å². The fourth-order valence-electron chi connectivity index (χ4n) is 9.95. The van der Waals surface area contributed by atoms with Crippen LogP contribution in [-0.2, 0) is 42.9 Å². The van der Waals surface area contributed by atoms with E-state index in [-0.39, 0.29) is 25.9 Å². The number of carboxylic acid groups (broad SMARTS) is 1. The van der Waals surface area contributed by atoms with Crippen molar-refractivity contribution in [2.24, 2.45) is 0 Å². The number of unbranched alkanes of at least 4 members (excludes halogenated alkanes) is 39. The van der Waals surface area contributed by atoms with E-state index in [0.717, 1.165) is 70.6 Å². The molecular weight excluding hydrogens is 949 g/mol. The predicted molar refractivity (Wildman–Crippen MR) is 304 cm³/mol. The zero-order valence-corrected chi connectivity index (χ0v) is 48.6. The summed E-state index contributed by atoms with van der Waals surface area (Å²) in [5.74, 6) is -3.08. The van der Waals surface area contributed by atoms with E-state index in [2.05, 4.69) is 32.9 Å². The molecule has 0 saturated carbocycles. The molecule has 0 aromatic carbocycles. The number of rotatable bonds is 55. The minimum Gasteiger partial charge on any atom is -0.479 e. The van der Waals surface area contributed by atoms with Crippen molar-refractivity contribution < 1.29 is 58.2 Å². The van der Waals surface area contributed by atoms with Crippen molar-refractivity contribution in [1.82, 2.24) is 0 Å². The molecule has 1 aliphatic rings. The number of carboxylic acids is 1. The monoisotopic (exact) mass is 1060 g/mol. The molecule has 0 aromatic heterocycles. The van der Waals surface area contributed by atoms with E-state index in [9.17, 15) is 34.5 Å². The second-order valence-corrected chi connectivity index (χ2v) is 22.1. The van der Waals surface area contributed by atoms with Crippen molar-refractivity contribution in [3.8, 4) is 0 Å². The Kier molecular flexibility index (Phi) is 49.0. The van der Waals surface area contributed by atoms with Crippen molar-refractivity contribution in [3.63, 3.8) is 0 Å². The summed E-state index contributed by atoms with van der Waals surface area (Å²) in [5, 5.41) is 31.5. The second kappa shape index (κ2) is 52.2. The lowest BCUT2D eigenvalue weighted by molar-refractivity contribution is -0.301. The molecule has 1 aliphatic heterocycles. The quantitative estimate of drug-likeness (QED) is 0.0228. The third kappa shape index (κ3) is 42.1. The van der Waals surface area contributed by atoms with Crippen molar-refractivity contribution in [2.45, 2.75) is 353 Å². The zero-order chi connectivity index (χ0) is 54.7. The molecule has 75 heavy (non-hydrogen) atoms. The SMILES string of the molecule is CCCCCCCC/C=C\CCCCCCCCCCCC(=O)OC1C(OCC(COC(=O)CCCCCCCCCCCCCCCCC)OC(=O)CCCCCCCCCCCCC)OC(C(=O)O)C(O)C1O. The highest BCUT2D eigenvalue weighted by molar-refractivity contribution is 5.74. The van der Waals surface area contributed by atoms with E-state index in [1.165, 1.54) is 186 Å². The summed E-state index contributed by atoms with van der Waals surface area (Å²) in [6, 6.07) is 0. The van der Waals surface area contributed by atoms with Gasteiger partial charge in [0, 0.05) is 19.3 Å². The largest absolute Gasteiger partial charge is 0.479 e. The molecule has 0 radical (unpaired) electrons. The molecule has 1 saturated heterocycles. The molecule has 1 rings (SSSR count). The number of carbonyl (C=O) groups is 4. The second-order valence-electron chi connectivity index (χ2n) is 22.1. The van der Waals surface area contributed by atoms with Gasteiger partial charge in [0.25, 0.3) is 0 Å². The number of allylic oxidation sites excluding steroid dienone is 2. The van der Waals surface area contributed by atoms with Gasteiger partial charge in [-0.05, 0) is 44.9 Å². The lowest BCUT2D eigenvalue weighted by Gasteiger charge is -2.40. The highest BCUT2D eigenvalue weighted by Gasteiger charge is 2.50. The minimum atomic E-state index is -1.90. The standard InChI is InChI=1S/C63H116O12/c1-4-7-10-13-16-19-22-24-26-27-28-29-31-33-36-39-42-45-48-51-57(66)74-61-59(68)58(67)60(62(69)70)75-63(61)72-53-54(73-56(65)50-47-44-41-38-34-21-18-15-12-9-6-3)52-71-55(64)49-46-43-40-37-35-32-30-25-23-20-17-14-11-8-5-2/h24,26,54,58-61,63,67-68H,4-23,25,27-53H2,1-3H3,(H,69,70)/b26-24-. The van der Waals surface area contributed by atoms with E-state index in [1.54, 1.807) is 0 Å². The molecule has 0 aromatic rings. The van der Waals surface area contributed by atoms with Crippen LogP contribution in [0.1, 0.15) is 316 Å². The van der Waals surface area contributed by atoms with Gasteiger partial charge in [0.2, 0.25) is 0 Å². The maximum Gasteiger partial charge on any atom is 0.335 e. The van der Waals surface area contributed by atoms with Gasteiger partial charge in [-0.3, -0.25) is 14.4 Å². The highest BCUT2D eigenvalue weighted by atomic mass is 16.7. The van der Waals surface area contributed by atoms with Gasteiger partial charge in [-0.1, -0.05) is 264 Å². The maximum absolute atomic E-state index is 13.1. The number of ether oxygens (including phenoxy) is 5. The van der Waals surface area contributed by atoms with E-state index in [1.807, 2.05) is 0 Å². The Labute approximate surface area is 458 Å². The molecule has 0 spiro atoms. The molecule has 3 N–H and O–H groups in total. The molecule has 1 fully saturated rings. The van der Waals surface area contributed by atoms with Crippen molar-refractivity contribution >= 4 is 23.9 Å². The topological polar surface area (TPSA) is 175 Å². The Hall–Kier alpha value is -2.54. The zero-order valence-electron chi connectivity index (χ0n) is 48.6. The van der Waals surface area contributed by atoms with Crippen molar-refractivity contribution in [3.05, 3.63) is 12.2 Å². The van der Waals surface area contributed by atoms with Crippen LogP contribution in [0.2, 0.25) is 0 Å². The van der Waals surface area contributed by atoms with Crippen LogP contribution in [0, 0.1) is 0 Å². The maximum atomic E-state index is 13.1. The summed E-state index contributed by atoms with van der Waals surface area (Å²) >= 11 is 0. The average molecular weight is 1070 g/mol. The summed E-state index contributed by atoms with van der Waals surface area (Å²) in [6.45, 7) is 6.03. The van der Waals surface area contributed by atoms with Crippen LogP contribution in [0.4, 0.5) is 0 Å². The van der Waals surface area contributed by atoms with Gasteiger partial charge in [-0.15, -0.1) is 0 Å². The van der Waals surface area contributed by atoms with Gasteiger partial charge in [0.1, 0.15) is 18.8 Å². The molecule has 12 nitrogen and oxygen atoms in total. The average Bonchev–Trinajstić information content (AvgIpc) is 3.39. The van der Waals surface area contributed by atoms with Crippen LogP contribution in [0.25, 0.3) is 0 Å². The molecule has 6 unspecified atom stereocenters. The number of aliphatic hydroxyl groups excluding tert-OH is 2. The summed E-state index contributed by atoms with van der Waals surface area (Å²) in [6.07, 6.45) is 46.1. The van der Waals surface area contributed by atoms with Crippen LogP contribution in [0.3, 0.4) is 0 Å². The molecule has 0 aliphatic carbocycles. The first-order valence-electron chi connectivity index (χ1n) is 31.7. The number of hydrogen-bond donors (Lipinski definition) is 3. The lowest BCUT2D eigenvalue weighted by Crippen LogP contribution is -2.61. The number of carbonyl (C=O) groups excluding carboxylic acids is 3. The molecule has 6 atom stereocenters. The van der Waals surface area contributed by atoms with Crippen LogP contribution < -0.4 is 0 Å². The third-order valence-corrected chi connectivity index (χ3v) is 14.8.